The van der Waals surface area contributed by atoms with E-state index in [9.17, 15) is 18.8 Å². The third-order valence-corrected chi connectivity index (χ3v) is 2.91. The van der Waals surface area contributed by atoms with E-state index in [1.54, 1.807) is 14.1 Å². The third kappa shape index (κ3) is 5.50. The van der Waals surface area contributed by atoms with Gasteiger partial charge in [-0.2, -0.15) is 0 Å². The van der Waals surface area contributed by atoms with Crippen molar-refractivity contribution >= 4 is 33.7 Å². The van der Waals surface area contributed by atoms with Crippen molar-refractivity contribution in [3.63, 3.8) is 0 Å². The fourth-order valence-corrected chi connectivity index (χ4v) is 1.61. The normalized spacial score (nSPS) is 9.90. The second-order valence-electron chi connectivity index (χ2n) is 4.27. The summed E-state index contributed by atoms with van der Waals surface area (Å²) >= 11 is 3.10. The summed E-state index contributed by atoms with van der Waals surface area (Å²) in [6.45, 7) is -0.792. The highest BCUT2D eigenvalue weighted by molar-refractivity contribution is 9.10. The molecule has 0 radical (unpaired) electrons. The zero-order valence-electron chi connectivity index (χ0n) is 11.5. The first-order valence-corrected chi connectivity index (χ1v) is 6.69. The SMILES string of the molecule is CN(C)C(=O)CNC(=O)COC(=O)c1cc(Br)ccc1F. The number of esters is 1. The van der Waals surface area contributed by atoms with Crippen LogP contribution in [0.15, 0.2) is 22.7 Å². The largest absolute Gasteiger partial charge is 0.452 e. The summed E-state index contributed by atoms with van der Waals surface area (Å²) in [6.07, 6.45) is 0. The van der Waals surface area contributed by atoms with Crippen LogP contribution in [-0.2, 0) is 14.3 Å². The van der Waals surface area contributed by atoms with Gasteiger partial charge in [0.15, 0.2) is 6.61 Å². The molecule has 21 heavy (non-hydrogen) atoms. The van der Waals surface area contributed by atoms with E-state index in [1.165, 1.54) is 17.0 Å². The molecule has 1 N–H and O–H groups in total. The van der Waals surface area contributed by atoms with Crippen LogP contribution >= 0.6 is 15.9 Å². The molecule has 0 aliphatic carbocycles. The van der Waals surface area contributed by atoms with E-state index in [-0.39, 0.29) is 18.0 Å². The molecule has 2 amide bonds. The predicted octanol–water partition coefficient (Wildman–Crippen LogP) is 0.949. The molecule has 0 atom stereocenters. The van der Waals surface area contributed by atoms with Crippen molar-refractivity contribution in [2.75, 3.05) is 27.2 Å². The van der Waals surface area contributed by atoms with Crippen LogP contribution in [0.4, 0.5) is 4.39 Å². The van der Waals surface area contributed by atoms with Crippen LogP contribution in [0.2, 0.25) is 0 Å². The van der Waals surface area contributed by atoms with Gasteiger partial charge in [0.2, 0.25) is 5.91 Å². The Bertz CT molecular complexity index is 563. The van der Waals surface area contributed by atoms with E-state index in [1.807, 2.05) is 0 Å². The molecule has 1 aromatic carbocycles. The summed E-state index contributed by atoms with van der Waals surface area (Å²) in [5.41, 5.74) is -0.276. The molecule has 0 fully saturated rings. The van der Waals surface area contributed by atoms with Crippen molar-refractivity contribution in [2.45, 2.75) is 0 Å². The quantitative estimate of drug-likeness (QED) is 0.793. The molecular weight excluding hydrogens is 347 g/mol. The van der Waals surface area contributed by atoms with Crippen LogP contribution < -0.4 is 5.32 Å². The van der Waals surface area contributed by atoms with Gasteiger partial charge in [-0.25, -0.2) is 9.18 Å². The maximum Gasteiger partial charge on any atom is 0.341 e. The Morgan fingerprint density at radius 1 is 1.33 bits per heavy atom. The maximum atomic E-state index is 13.4. The number of hydrogen-bond donors (Lipinski definition) is 1. The molecule has 1 rings (SSSR count). The first kappa shape index (κ1) is 17.1. The molecule has 0 heterocycles. The van der Waals surface area contributed by atoms with Crippen molar-refractivity contribution in [2.24, 2.45) is 0 Å². The zero-order valence-corrected chi connectivity index (χ0v) is 13.1. The lowest BCUT2D eigenvalue weighted by molar-refractivity contribution is -0.131. The number of benzene rings is 1. The number of ether oxygens (including phenoxy) is 1. The van der Waals surface area contributed by atoms with Crippen molar-refractivity contribution in [1.29, 1.82) is 0 Å². The Hall–Kier alpha value is -1.96. The van der Waals surface area contributed by atoms with E-state index in [0.717, 1.165) is 6.07 Å². The van der Waals surface area contributed by atoms with Crippen LogP contribution in [0.1, 0.15) is 10.4 Å². The molecule has 0 spiro atoms. The first-order valence-electron chi connectivity index (χ1n) is 5.90. The lowest BCUT2D eigenvalue weighted by atomic mass is 10.2. The van der Waals surface area contributed by atoms with Gasteiger partial charge >= 0.3 is 5.97 Å². The van der Waals surface area contributed by atoms with Gasteiger partial charge in [-0.15, -0.1) is 0 Å². The van der Waals surface area contributed by atoms with Crippen LogP contribution in [0.3, 0.4) is 0 Å². The minimum absolute atomic E-state index is 0.200. The second kappa shape index (κ2) is 7.72. The Labute approximate surface area is 129 Å². The lowest BCUT2D eigenvalue weighted by Gasteiger charge is -2.11. The molecule has 0 saturated heterocycles. The predicted molar refractivity (Wildman–Crippen MR) is 76.1 cm³/mol. The van der Waals surface area contributed by atoms with Crippen LogP contribution in [0.25, 0.3) is 0 Å². The number of carbonyl (C=O) groups is 3. The summed E-state index contributed by atoms with van der Waals surface area (Å²) in [4.78, 5) is 35.6. The van der Waals surface area contributed by atoms with Gasteiger partial charge in [0.25, 0.3) is 5.91 Å². The van der Waals surface area contributed by atoms with Crippen molar-refractivity contribution in [3.05, 3.63) is 34.1 Å². The molecule has 114 valence electrons. The fraction of sp³-hybridized carbons (Fsp3) is 0.308. The van der Waals surface area contributed by atoms with E-state index in [4.69, 9.17) is 0 Å². The summed E-state index contributed by atoms with van der Waals surface area (Å²) in [7, 11) is 3.09. The van der Waals surface area contributed by atoms with Gasteiger partial charge in [0.05, 0.1) is 12.1 Å². The van der Waals surface area contributed by atoms with Gasteiger partial charge < -0.3 is 15.0 Å². The van der Waals surface area contributed by atoms with Crippen LogP contribution in [-0.4, -0.2) is 49.9 Å². The van der Waals surface area contributed by atoms with Gasteiger partial charge in [-0.3, -0.25) is 9.59 Å². The van der Waals surface area contributed by atoms with E-state index in [2.05, 4.69) is 26.0 Å². The van der Waals surface area contributed by atoms with Gasteiger partial charge in [-0.05, 0) is 18.2 Å². The minimum Gasteiger partial charge on any atom is -0.452 e. The Balaban J connectivity index is 2.48. The van der Waals surface area contributed by atoms with E-state index in [0.29, 0.717) is 4.47 Å². The van der Waals surface area contributed by atoms with Gasteiger partial charge in [-0.1, -0.05) is 15.9 Å². The molecule has 0 aliphatic heterocycles. The van der Waals surface area contributed by atoms with Crippen molar-refractivity contribution < 1.29 is 23.5 Å². The average molecular weight is 361 g/mol. The fourth-order valence-electron chi connectivity index (χ4n) is 1.25. The molecule has 1 aromatic rings. The summed E-state index contributed by atoms with van der Waals surface area (Å²) in [5.74, 6) is -2.64. The second-order valence-corrected chi connectivity index (χ2v) is 5.18. The summed E-state index contributed by atoms with van der Waals surface area (Å²) in [5, 5.41) is 2.29. The topological polar surface area (TPSA) is 75.7 Å². The van der Waals surface area contributed by atoms with Gasteiger partial charge in [0, 0.05) is 18.6 Å². The number of likely N-dealkylation sites (N-methyl/N-ethyl adjacent to an activating group) is 1. The molecule has 0 aliphatic rings. The highest BCUT2D eigenvalue weighted by Crippen LogP contribution is 2.16. The van der Waals surface area contributed by atoms with E-state index < -0.39 is 24.3 Å². The molecule has 0 bridgehead atoms. The Morgan fingerprint density at radius 2 is 2.00 bits per heavy atom. The Kier molecular flexibility index (Phi) is 6.29. The summed E-state index contributed by atoms with van der Waals surface area (Å²) < 4.78 is 18.6. The van der Waals surface area contributed by atoms with Crippen molar-refractivity contribution in [3.8, 4) is 0 Å². The standard InChI is InChI=1S/C13H14BrFN2O4/c1-17(2)12(19)6-16-11(18)7-21-13(20)9-5-8(14)3-4-10(9)15/h3-5H,6-7H2,1-2H3,(H,16,18). The highest BCUT2D eigenvalue weighted by atomic mass is 79.9. The average Bonchev–Trinajstić information content (AvgIpc) is 2.44. The Morgan fingerprint density at radius 3 is 2.62 bits per heavy atom. The molecule has 6 nitrogen and oxygen atoms in total. The molecular formula is C13H14BrFN2O4. The highest BCUT2D eigenvalue weighted by Gasteiger charge is 2.15. The number of amides is 2. The third-order valence-electron chi connectivity index (χ3n) is 2.42. The maximum absolute atomic E-state index is 13.4. The van der Waals surface area contributed by atoms with Crippen molar-refractivity contribution in [1.82, 2.24) is 10.2 Å². The van der Waals surface area contributed by atoms with E-state index >= 15 is 0 Å². The van der Waals surface area contributed by atoms with Crippen LogP contribution in [0, 0.1) is 5.82 Å². The number of halogens is 2. The lowest BCUT2D eigenvalue weighted by Crippen LogP contribution is -2.38. The zero-order chi connectivity index (χ0) is 16.0. The monoisotopic (exact) mass is 360 g/mol. The molecule has 0 aromatic heterocycles. The molecule has 8 heteroatoms. The first-order chi connectivity index (χ1) is 9.81. The molecule has 0 saturated carbocycles. The number of rotatable bonds is 5. The minimum atomic E-state index is -0.956. The number of nitrogens with one attached hydrogen (secondary N) is 1. The number of nitrogens with zero attached hydrogens (tertiary/aromatic N) is 1. The smallest absolute Gasteiger partial charge is 0.341 e. The molecule has 0 unspecified atom stereocenters. The number of hydrogen-bond acceptors (Lipinski definition) is 4. The van der Waals surface area contributed by atoms with Crippen LogP contribution in [0.5, 0.6) is 0 Å². The number of carbonyl (C=O) groups excluding carboxylic acids is 3. The summed E-state index contributed by atoms with van der Waals surface area (Å²) in [6, 6.07) is 3.80. The van der Waals surface area contributed by atoms with Gasteiger partial charge in [0.1, 0.15) is 5.82 Å².